The Hall–Kier alpha value is -2.49. The molecule has 1 N–H and O–H groups in total. The van der Waals surface area contributed by atoms with Crippen molar-refractivity contribution in [3.63, 3.8) is 0 Å². The lowest BCUT2D eigenvalue weighted by Crippen LogP contribution is -2.48. The molecule has 142 valence electrons. The van der Waals surface area contributed by atoms with Crippen LogP contribution in [0.5, 0.6) is 0 Å². The third-order valence-electron chi connectivity index (χ3n) is 5.05. The summed E-state index contributed by atoms with van der Waals surface area (Å²) in [6, 6.07) is 8.41. The summed E-state index contributed by atoms with van der Waals surface area (Å²) in [5, 5.41) is 3.18. The first-order valence-corrected chi connectivity index (χ1v) is 9.54. The van der Waals surface area contributed by atoms with Gasteiger partial charge in [0.25, 0.3) is 5.91 Å². The van der Waals surface area contributed by atoms with E-state index >= 15 is 0 Å². The molecule has 0 saturated carbocycles. The predicted octanol–water partition coefficient (Wildman–Crippen LogP) is 4.80. The van der Waals surface area contributed by atoms with Gasteiger partial charge in [0.1, 0.15) is 5.82 Å². The molecule has 1 aliphatic rings. The highest BCUT2D eigenvalue weighted by Gasteiger charge is 2.28. The van der Waals surface area contributed by atoms with Crippen molar-refractivity contribution >= 4 is 5.91 Å². The smallest absolute Gasteiger partial charge is 0.253 e. The van der Waals surface area contributed by atoms with Gasteiger partial charge in [0.15, 0.2) is 0 Å². The molecule has 0 bridgehead atoms. The van der Waals surface area contributed by atoms with Crippen LogP contribution in [0, 0.1) is 5.82 Å². The Bertz CT molecular complexity index is 844. The van der Waals surface area contributed by atoms with Gasteiger partial charge < -0.3 is 5.32 Å². The lowest BCUT2D eigenvalue weighted by atomic mass is 9.86. The maximum absolute atomic E-state index is 13.2. The Morgan fingerprint density at radius 2 is 1.96 bits per heavy atom. The van der Waals surface area contributed by atoms with Gasteiger partial charge in [0, 0.05) is 17.4 Å². The van der Waals surface area contributed by atoms with E-state index in [0.717, 1.165) is 36.1 Å². The topological polar surface area (TPSA) is 42.0 Å². The molecule has 0 fully saturated rings. The number of nitrogens with one attached hydrogen (secondary N) is 1. The first-order valence-electron chi connectivity index (χ1n) is 9.54. The van der Waals surface area contributed by atoms with Crippen LogP contribution in [0.15, 0.2) is 48.7 Å². The Kier molecular flexibility index (Phi) is 5.73. The van der Waals surface area contributed by atoms with Crippen molar-refractivity contribution in [2.45, 2.75) is 57.9 Å². The summed E-state index contributed by atoms with van der Waals surface area (Å²) < 4.78 is 13.2. The van der Waals surface area contributed by atoms with Crippen LogP contribution >= 0.6 is 0 Å². The van der Waals surface area contributed by atoms with Crippen molar-refractivity contribution in [3.05, 3.63) is 76.9 Å². The number of hydrogen-bond acceptors (Lipinski definition) is 2. The number of aryl methyl sites for hydroxylation is 2. The second-order valence-electron chi connectivity index (χ2n) is 7.99. The number of nitrogens with zero attached hydrogens (tertiary/aromatic N) is 1. The molecule has 1 amide bonds. The van der Waals surface area contributed by atoms with Crippen molar-refractivity contribution in [1.82, 2.24) is 10.3 Å². The lowest BCUT2D eigenvalue weighted by Gasteiger charge is -2.32. The minimum atomic E-state index is -0.503. The SMILES string of the molecule is C=C(C)CC(C)(Cc1ccc(F)cc1)NC(=O)c1cnc2c(c1)CCCC2. The highest BCUT2D eigenvalue weighted by molar-refractivity contribution is 5.94. The van der Waals surface area contributed by atoms with Gasteiger partial charge in [0.05, 0.1) is 5.56 Å². The van der Waals surface area contributed by atoms with Crippen molar-refractivity contribution in [2.24, 2.45) is 0 Å². The van der Waals surface area contributed by atoms with E-state index in [2.05, 4.69) is 16.9 Å². The van der Waals surface area contributed by atoms with E-state index in [0.29, 0.717) is 18.4 Å². The second-order valence-corrected chi connectivity index (χ2v) is 7.99. The molecule has 27 heavy (non-hydrogen) atoms. The van der Waals surface area contributed by atoms with E-state index in [9.17, 15) is 9.18 Å². The van der Waals surface area contributed by atoms with Crippen LogP contribution in [0.2, 0.25) is 0 Å². The molecule has 0 saturated heterocycles. The maximum atomic E-state index is 13.2. The third-order valence-corrected chi connectivity index (χ3v) is 5.05. The molecular formula is C23H27FN2O. The summed E-state index contributed by atoms with van der Waals surface area (Å²) in [6.07, 6.45) is 7.23. The number of aromatic nitrogens is 1. The zero-order chi connectivity index (χ0) is 19.4. The molecule has 3 nitrogen and oxygen atoms in total. The minimum Gasteiger partial charge on any atom is -0.346 e. The number of carbonyl (C=O) groups excluding carboxylic acids is 1. The number of hydrogen-bond donors (Lipinski definition) is 1. The Morgan fingerprint density at radius 1 is 1.26 bits per heavy atom. The minimum absolute atomic E-state index is 0.123. The summed E-state index contributed by atoms with van der Waals surface area (Å²) in [5.74, 6) is -0.383. The average molecular weight is 366 g/mol. The average Bonchev–Trinajstić information content (AvgIpc) is 2.62. The van der Waals surface area contributed by atoms with Gasteiger partial charge in [-0.1, -0.05) is 17.7 Å². The molecule has 1 unspecified atom stereocenters. The molecule has 4 heteroatoms. The van der Waals surface area contributed by atoms with Crippen LogP contribution in [0.1, 0.15) is 60.3 Å². The van der Waals surface area contributed by atoms with E-state index in [-0.39, 0.29) is 11.7 Å². The van der Waals surface area contributed by atoms with Crippen LogP contribution in [0.3, 0.4) is 0 Å². The largest absolute Gasteiger partial charge is 0.346 e. The van der Waals surface area contributed by atoms with Gasteiger partial charge in [0.2, 0.25) is 0 Å². The maximum Gasteiger partial charge on any atom is 0.253 e. The van der Waals surface area contributed by atoms with E-state index in [1.807, 2.05) is 19.9 Å². The van der Waals surface area contributed by atoms with Crippen molar-refractivity contribution < 1.29 is 9.18 Å². The molecule has 0 spiro atoms. The highest BCUT2D eigenvalue weighted by Crippen LogP contribution is 2.24. The van der Waals surface area contributed by atoms with Crippen LogP contribution in [0.25, 0.3) is 0 Å². The molecule has 1 aromatic heterocycles. The third kappa shape index (κ3) is 5.03. The quantitative estimate of drug-likeness (QED) is 0.747. The zero-order valence-corrected chi connectivity index (χ0v) is 16.1. The highest BCUT2D eigenvalue weighted by atomic mass is 19.1. The van der Waals surface area contributed by atoms with Crippen molar-refractivity contribution in [2.75, 3.05) is 0 Å². The van der Waals surface area contributed by atoms with E-state index in [4.69, 9.17) is 0 Å². The number of pyridine rings is 1. The van der Waals surface area contributed by atoms with Gasteiger partial charge in [-0.25, -0.2) is 4.39 Å². The number of fused-ring (bicyclic) bond motifs is 1. The molecule has 1 aromatic carbocycles. The fraction of sp³-hybridized carbons (Fsp3) is 0.391. The predicted molar refractivity (Wildman–Crippen MR) is 106 cm³/mol. The molecule has 1 heterocycles. The van der Waals surface area contributed by atoms with E-state index < -0.39 is 5.54 Å². The summed E-state index contributed by atoms with van der Waals surface area (Å²) in [6.45, 7) is 7.97. The normalized spacial score (nSPS) is 15.5. The Labute approximate surface area is 160 Å². The molecule has 1 aliphatic carbocycles. The Balaban J connectivity index is 1.79. The second kappa shape index (κ2) is 8.03. The number of rotatable bonds is 6. The van der Waals surface area contributed by atoms with Crippen molar-refractivity contribution in [1.29, 1.82) is 0 Å². The summed E-state index contributed by atoms with van der Waals surface area (Å²) in [4.78, 5) is 17.4. The van der Waals surface area contributed by atoms with Gasteiger partial charge in [-0.3, -0.25) is 9.78 Å². The van der Waals surface area contributed by atoms with Crippen LogP contribution in [0.4, 0.5) is 4.39 Å². The first-order chi connectivity index (χ1) is 12.8. The lowest BCUT2D eigenvalue weighted by molar-refractivity contribution is 0.0905. The number of benzene rings is 1. The van der Waals surface area contributed by atoms with Crippen LogP contribution < -0.4 is 5.32 Å². The summed E-state index contributed by atoms with van der Waals surface area (Å²) in [7, 11) is 0. The van der Waals surface area contributed by atoms with E-state index in [1.54, 1.807) is 18.3 Å². The first kappa shape index (κ1) is 19.3. The standard InChI is InChI=1S/C23H27FN2O/c1-16(2)13-23(3,14-17-8-10-20(24)11-9-17)26-22(27)19-12-18-6-4-5-7-21(18)25-15-19/h8-12,15H,1,4-7,13-14H2,2-3H3,(H,26,27). The molecular weight excluding hydrogens is 339 g/mol. The van der Waals surface area contributed by atoms with Gasteiger partial charge in [-0.05, 0) is 81.7 Å². The Morgan fingerprint density at radius 3 is 2.67 bits per heavy atom. The number of carbonyl (C=O) groups is 1. The van der Waals surface area contributed by atoms with E-state index in [1.165, 1.54) is 24.1 Å². The molecule has 1 atom stereocenters. The van der Waals surface area contributed by atoms with Crippen molar-refractivity contribution in [3.8, 4) is 0 Å². The molecule has 0 radical (unpaired) electrons. The summed E-state index contributed by atoms with van der Waals surface area (Å²) >= 11 is 0. The fourth-order valence-electron chi connectivity index (χ4n) is 3.93. The number of halogens is 1. The monoisotopic (exact) mass is 366 g/mol. The zero-order valence-electron chi connectivity index (χ0n) is 16.1. The summed E-state index contributed by atoms with van der Waals surface area (Å²) in [5.41, 5.74) is 4.37. The molecule has 3 rings (SSSR count). The fourth-order valence-corrected chi connectivity index (χ4v) is 3.93. The van der Waals surface area contributed by atoms with Gasteiger partial charge in [-0.15, -0.1) is 6.58 Å². The van der Waals surface area contributed by atoms with Gasteiger partial charge in [-0.2, -0.15) is 0 Å². The van der Waals surface area contributed by atoms with Gasteiger partial charge >= 0.3 is 0 Å². The van der Waals surface area contributed by atoms with Crippen LogP contribution in [-0.2, 0) is 19.3 Å². The molecule has 2 aromatic rings. The van der Waals surface area contributed by atoms with Crippen LogP contribution in [-0.4, -0.2) is 16.4 Å². The molecule has 0 aliphatic heterocycles. The number of amides is 1.